The van der Waals surface area contributed by atoms with Crippen molar-refractivity contribution in [3.63, 3.8) is 0 Å². The van der Waals surface area contributed by atoms with Crippen LogP contribution in [-0.2, 0) is 10.0 Å². The maximum absolute atomic E-state index is 11.0. The van der Waals surface area contributed by atoms with E-state index in [-0.39, 0.29) is 0 Å². The molecule has 0 unspecified atom stereocenters. The van der Waals surface area contributed by atoms with Gasteiger partial charge in [-0.15, -0.1) is 0 Å². The summed E-state index contributed by atoms with van der Waals surface area (Å²) in [6, 6.07) is 0. The Labute approximate surface area is 72.1 Å². The van der Waals surface area contributed by atoms with Gasteiger partial charge in [-0.2, -0.15) is 4.13 Å². The van der Waals surface area contributed by atoms with Gasteiger partial charge in [0.05, 0.1) is 5.75 Å². The molecule has 0 aromatic heterocycles. The zero-order chi connectivity index (χ0) is 8.32. The summed E-state index contributed by atoms with van der Waals surface area (Å²) in [5.74, 6) is 0.979. The van der Waals surface area contributed by atoms with E-state index >= 15 is 0 Å². The summed E-state index contributed by atoms with van der Waals surface area (Å²) in [6.07, 6.45) is 4.98. The molecule has 0 saturated heterocycles. The molecule has 1 saturated carbocycles. The topological polar surface area (TPSA) is 46.2 Å². The molecule has 1 fully saturated rings. The van der Waals surface area contributed by atoms with E-state index < -0.39 is 10.0 Å². The third-order valence-corrected chi connectivity index (χ3v) is 4.16. The Hall–Kier alpha value is 0.260. The second kappa shape index (κ2) is 3.78. The minimum Gasteiger partial charge on any atom is -0.212 e. The maximum atomic E-state index is 11.0. The van der Waals surface area contributed by atoms with Crippen molar-refractivity contribution in [2.45, 2.75) is 19.3 Å². The summed E-state index contributed by atoms with van der Waals surface area (Å²) in [7, 11) is -2.97. The predicted octanol–water partition coefficient (Wildman–Crippen LogP) is 0.984. The van der Waals surface area contributed by atoms with Crippen LogP contribution in [0.25, 0.3) is 0 Å². The van der Waals surface area contributed by atoms with Gasteiger partial charge in [0.1, 0.15) is 0 Å². The molecule has 0 radical (unpaired) electrons. The van der Waals surface area contributed by atoms with Crippen molar-refractivity contribution in [2.75, 3.05) is 12.0 Å². The zero-order valence-corrected chi connectivity index (χ0v) is 8.17. The molecule has 1 rings (SSSR count). The lowest BCUT2D eigenvalue weighted by Crippen LogP contribution is -2.19. The quantitative estimate of drug-likeness (QED) is 0.665. The molecule has 66 valence electrons. The molecule has 0 aromatic carbocycles. The van der Waals surface area contributed by atoms with Crippen molar-refractivity contribution in [3.8, 4) is 0 Å². The van der Waals surface area contributed by atoms with Gasteiger partial charge in [0, 0.05) is 0 Å². The number of hydrogen-bond donors (Lipinski definition) is 1. The molecular weight excluding hydrogens is 182 g/mol. The highest BCUT2D eigenvalue weighted by molar-refractivity contribution is 8.08. The molecular formula is C6H13NO2S2. The van der Waals surface area contributed by atoms with E-state index in [1.807, 2.05) is 0 Å². The summed E-state index contributed by atoms with van der Waals surface area (Å²) >= 11 is 1.14. The third kappa shape index (κ3) is 3.98. The van der Waals surface area contributed by atoms with Crippen molar-refractivity contribution in [1.82, 2.24) is 4.13 Å². The Bertz CT molecular complexity index is 209. The van der Waals surface area contributed by atoms with Crippen LogP contribution in [-0.4, -0.2) is 20.4 Å². The Morgan fingerprint density at radius 2 is 2.18 bits per heavy atom. The summed E-state index contributed by atoms with van der Waals surface area (Å²) in [5.41, 5.74) is 0. The second-order valence-electron chi connectivity index (χ2n) is 2.84. The van der Waals surface area contributed by atoms with Gasteiger partial charge in [0.15, 0.2) is 0 Å². The van der Waals surface area contributed by atoms with Gasteiger partial charge in [-0.3, -0.25) is 0 Å². The first-order valence-electron chi connectivity index (χ1n) is 3.66. The number of rotatable bonds is 5. The third-order valence-electron chi connectivity index (χ3n) is 1.70. The molecule has 0 heterocycles. The average Bonchev–Trinajstić information content (AvgIpc) is 2.65. The van der Waals surface area contributed by atoms with Crippen molar-refractivity contribution >= 4 is 22.0 Å². The fourth-order valence-electron chi connectivity index (χ4n) is 0.897. The second-order valence-corrected chi connectivity index (χ2v) is 5.55. The first-order chi connectivity index (χ1) is 5.14. The van der Waals surface area contributed by atoms with Gasteiger partial charge in [-0.1, -0.05) is 24.8 Å². The van der Waals surface area contributed by atoms with Crippen LogP contribution in [0, 0.1) is 5.92 Å². The van der Waals surface area contributed by atoms with E-state index in [0.29, 0.717) is 11.7 Å². The lowest BCUT2D eigenvalue weighted by atomic mass is 10.3. The fraction of sp³-hybridized carbons (Fsp3) is 1.00. The minimum absolute atomic E-state index is 0.290. The zero-order valence-electron chi connectivity index (χ0n) is 6.54. The molecule has 1 N–H and O–H groups in total. The predicted molar refractivity (Wildman–Crippen MR) is 47.8 cm³/mol. The normalized spacial score (nSPS) is 18.6. The summed E-state index contributed by atoms with van der Waals surface area (Å²) < 4.78 is 24.5. The van der Waals surface area contributed by atoms with Crippen molar-refractivity contribution in [1.29, 1.82) is 0 Å². The Morgan fingerprint density at radius 3 is 2.64 bits per heavy atom. The lowest BCUT2D eigenvalue weighted by molar-refractivity contribution is 0.589. The van der Waals surface area contributed by atoms with Crippen LogP contribution in [0.5, 0.6) is 0 Å². The van der Waals surface area contributed by atoms with Crippen LogP contribution < -0.4 is 4.13 Å². The highest BCUT2D eigenvalue weighted by Crippen LogP contribution is 2.32. The van der Waals surface area contributed by atoms with E-state index in [1.165, 1.54) is 12.8 Å². The summed E-state index contributed by atoms with van der Waals surface area (Å²) in [5, 5.41) is 0. The molecule has 3 nitrogen and oxygen atoms in total. The molecule has 0 aromatic rings. The van der Waals surface area contributed by atoms with E-state index in [9.17, 15) is 8.42 Å². The molecule has 0 amide bonds. The Kier molecular flexibility index (Phi) is 3.21. The smallest absolute Gasteiger partial charge is 0.212 e. The molecule has 0 spiro atoms. The van der Waals surface area contributed by atoms with Crippen LogP contribution in [0.3, 0.4) is 0 Å². The Balaban J connectivity index is 2.21. The monoisotopic (exact) mass is 195 g/mol. The van der Waals surface area contributed by atoms with E-state index in [2.05, 4.69) is 4.13 Å². The summed E-state index contributed by atoms with van der Waals surface area (Å²) in [4.78, 5) is 0. The summed E-state index contributed by atoms with van der Waals surface area (Å²) in [6.45, 7) is 0. The fourth-order valence-corrected chi connectivity index (χ4v) is 2.89. The van der Waals surface area contributed by atoms with E-state index in [4.69, 9.17) is 0 Å². The molecule has 0 aliphatic heterocycles. The number of nitrogens with one attached hydrogen (secondary N) is 1. The van der Waals surface area contributed by atoms with Gasteiger partial charge >= 0.3 is 0 Å². The number of sulfonamides is 1. The first kappa shape index (κ1) is 9.35. The standard InChI is InChI=1S/C6H13NO2S2/c1-10-7-11(8,9)5-4-6-2-3-6/h6-7H,2-5H2,1H3. The minimum atomic E-state index is -2.97. The molecule has 11 heavy (non-hydrogen) atoms. The van der Waals surface area contributed by atoms with E-state index in [1.54, 1.807) is 6.26 Å². The van der Waals surface area contributed by atoms with Crippen molar-refractivity contribution in [3.05, 3.63) is 0 Å². The van der Waals surface area contributed by atoms with Crippen LogP contribution in [0.1, 0.15) is 19.3 Å². The van der Waals surface area contributed by atoms with Gasteiger partial charge in [0.2, 0.25) is 10.0 Å². The van der Waals surface area contributed by atoms with Gasteiger partial charge in [-0.25, -0.2) is 8.42 Å². The van der Waals surface area contributed by atoms with Gasteiger partial charge in [-0.05, 0) is 18.6 Å². The Morgan fingerprint density at radius 1 is 1.55 bits per heavy atom. The SMILES string of the molecule is CSNS(=O)(=O)CCC1CC1. The molecule has 5 heteroatoms. The van der Waals surface area contributed by atoms with Crippen LogP contribution >= 0.6 is 11.9 Å². The highest BCUT2D eigenvalue weighted by Gasteiger charge is 2.23. The molecule has 1 aliphatic rings. The highest BCUT2D eigenvalue weighted by atomic mass is 32.3. The average molecular weight is 195 g/mol. The number of hydrogen-bond acceptors (Lipinski definition) is 3. The van der Waals surface area contributed by atoms with Gasteiger partial charge in [0.25, 0.3) is 0 Å². The molecule has 0 atom stereocenters. The van der Waals surface area contributed by atoms with Crippen molar-refractivity contribution in [2.24, 2.45) is 5.92 Å². The van der Waals surface area contributed by atoms with E-state index in [0.717, 1.165) is 18.4 Å². The first-order valence-corrected chi connectivity index (χ1v) is 6.54. The molecule has 1 aliphatic carbocycles. The lowest BCUT2D eigenvalue weighted by Gasteiger charge is -2.01. The maximum Gasteiger partial charge on any atom is 0.220 e. The van der Waals surface area contributed by atoms with Gasteiger partial charge < -0.3 is 0 Å². The van der Waals surface area contributed by atoms with Crippen LogP contribution in [0.15, 0.2) is 0 Å². The van der Waals surface area contributed by atoms with Crippen molar-refractivity contribution < 1.29 is 8.42 Å². The largest absolute Gasteiger partial charge is 0.220 e. The molecule has 0 bridgehead atoms. The van der Waals surface area contributed by atoms with Crippen LogP contribution in [0.4, 0.5) is 0 Å². The van der Waals surface area contributed by atoms with Crippen LogP contribution in [0.2, 0.25) is 0 Å².